The molecule has 0 bridgehead atoms. The molecule has 0 saturated carbocycles. The number of carbonyl (C=O) groups excluding carboxylic acids is 1. The maximum Gasteiger partial charge on any atom is 0.264 e. The molecule has 0 aliphatic carbocycles. The van der Waals surface area contributed by atoms with E-state index in [9.17, 15) is 13.6 Å². The van der Waals surface area contributed by atoms with Crippen molar-refractivity contribution in [3.63, 3.8) is 0 Å². The number of pyridine rings is 1. The van der Waals surface area contributed by atoms with Crippen LogP contribution in [0.15, 0.2) is 6.07 Å². The quantitative estimate of drug-likeness (QED) is 0.674. The van der Waals surface area contributed by atoms with Crippen LogP contribution in [0.4, 0.5) is 14.6 Å². The second kappa shape index (κ2) is 4.45. The first-order valence-corrected chi connectivity index (χ1v) is 4.81. The fraction of sp³-hybridized carbons (Fsp3) is 0.250. The predicted molar refractivity (Wildman–Crippen MR) is 51.6 cm³/mol. The Morgan fingerprint density at radius 2 is 2.29 bits per heavy atom. The van der Waals surface area contributed by atoms with Crippen LogP contribution in [0.25, 0.3) is 0 Å². The van der Waals surface area contributed by atoms with Crippen molar-refractivity contribution < 1.29 is 13.6 Å². The number of alkyl halides is 3. The Labute approximate surface area is 87.4 Å². The van der Waals surface area contributed by atoms with Gasteiger partial charge in [0.1, 0.15) is 11.5 Å². The monoisotopic (exact) mass is 264 g/mol. The van der Waals surface area contributed by atoms with E-state index in [1.54, 1.807) is 0 Å². The molecule has 0 spiro atoms. The van der Waals surface area contributed by atoms with Crippen molar-refractivity contribution >= 4 is 28.0 Å². The summed E-state index contributed by atoms with van der Waals surface area (Å²) < 4.78 is 25.0. The van der Waals surface area contributed by atoms with Crippen molar-refractivity contribution in [2.75, 3.05) is 5.73 Å². The SMILES string of the molecule is Nc1cc(C(F)F)c(CBr)c(C=O)n1. The minimum atomic E-state index is -2.66. The largest absolute Gasteiger partial charge is 0.384 e. The summed E-state index contributed by atoms with van der Waals surface area (Å²) in [6.45, 7) is 0. The first-order valence-electron chi connectivity index (χ1n) is 3.68. The molecule has 0 radical (unpaired) electrons. The molecule has 1 aromatic heterocycles. The van der Waals surface area contributed by atoms with Gasteiger partial charge in [-0.3, -0.25) is 4.79 Å². The smallest absolute Gasteiger partial charge is 0.264 e. The topological polar surface area (TPSA) is 56.0 Å². The molecule has 76 valence electrons. The molecule has 1 rings (SSSR count). The molecular weight excluding hydrogens is 258 g/mol. The number of nitrogens with zero attached hydrogens (tertiary/aromatic N) is 1. The van der Waals surface area contributed by atoms with Crippen molar-refractivity contribution in [2.45, 2.75) is 11.8 Å². The number of halogens is 3. The lowest BCUT2D eigenvalue weighted by molar-refractivity contribution is 0.111. The van der Waals surface area contributed by atoms with Crippen LogP contribution in [0, 0.1) is 0 Å². The van der Waals surface area contributed by atoms with E-state index in [-0.39, 0.29) is 28.0 Å². The van der Waals surface area contributed by atoms with Crippen LogP contribution in [0.5, 0.6) is 0 Å². The van der Waals surface area contributed by atoms with Gasteiger partial charge in [-0.05, 0) is 6.07 Å². The Kier molecular flexibility index (Phi) is 3.51. The van der Waals surface area contributed by atoms with Crippen LogP contribution in [0.1, 0.15) is 28.0 Å². The molecule has 2 N–H and O–H groups in total. The van der Waals surface area contributed by atoms with E-state index in [0.717, 1.165) is 6.07 Å². The standard InChI is InChI=1S/C8H7BrF2N2O/c9-2-5-4(8(10)11)1-7(12)13-6(5)3-14/h1,3,8H,2H2,(H2,12,13). The van der Waals surface area contributed by atoms with E-state index in [4.69, 9.17) is 5.73 Å². The maximum atomic E-state index is 12.5. The molecule has 0 unspecified atom stereocenters. The Bertz CT molecular complexity index is 357. The van der Waals surface area contributed by atoms with E-state index in [1.165, 1.54) is 0 Å². The normalized spacial score (nSPS) is 10.6. The molecule has 0 aliphatic rings. The minimum Gasteiger partial charge on any atom is -0.384 e. The molecule has 0 amide bonds. The highest BCUT2D eigenvalue weighted by Gasteiger charge is 2.17. The molecule has 1 heterocycles. The number of aldehydes is 1. The molecular formula is C8H7BrF2N2O. The maximum absolute atomic E-state index is 12.5. The van der Waals surface area contributed by atoms with Crippen molar-refractivity contribution in [1.29, 1.82) is 0 Å². The zero-order chi connectivity index (χ0) is 10.7. The van der Waals surface area contributed by atoms with Gasteiger partial charge in [0.15, 0.2) is 6.29 Å². The zero-order valence-electron chi connectivity index (χ0n) is 7.01. The highest BCUT2D eigenvalue weighted by molar-refractivity contribution is 9.08. The molecule has 0 aliphatic heterocycles. The lowest BCUT2D eigenvalue weighted by Gasteiger charge is -2.08. The van der Waals surface area contributed by atoms with Gasteiger partial charge in [0.2, 0.25) is 0 Å². The van der Waals surface area contributed by atoms with Crippen molar-refractivity contribution in [3.8, 4) is 0 Å². The van der Waals surface area contributed by atoms with E-state index in [2.05, 4.69) is 20.9 Å². The van der Waals surface area contributed by atoms with E-state index >= 15 is 0 Å². The van der Waals surface area contributed by atoms with Crippen molar-refractivity contribution in [2.24, 2.45) is 0 Å². The van der Waals surface area contributed by atoms with Gasteiger partial charge in [-0.15, -0.1) is 0 Å². The van der Waals surface area contributed by atoms with E-state index in [0.29, 0.717) is 6.29 Å². The number of aromatic nitrogens is 1. The van der Waals surface area contributed by atoms with Gasteiger partial charge in [-0.25, -0.2) is 13.8 Å². The van der Waals surface area contributed by atoms with Gasteiger partial charge in [0.05, 0.1) is 0 Å². The van der Waals surface area contributed by atoms with Crippen LogP contribution in [0.2, 0.25) is 0 Å². The van der Waals surface area contributed by atoms with Gasteiger partial charge >= 0.3 is 0 Å². The Morgan fingerprint density at radius 3 is 2.71 bits per heavy atom. The highest BCUT2D eigenvalue weighted by atomic mass is 79.9. The summed E-state index contributed by atoms with van der Waals surface area (Å²) in [6, 6.07) is 1.08. The minimum absolute atomic E-state index is 0.0443. The van der Waals surface area contributed by atoms with Gasteiger partial charge < -0.3 is 5.73 Å². The third-order valence-electron chi connectivity index (χ3n) is 1.69. The summed E-state index contributed by atoms with van der Waals surface area (Å²) >= 11 is 3.02. The molecule has 3 nitrogen and oxygen atoms in total. The molecule has 1 aromatic rings. The highest BCUT2D eigenvalue weighted by Crippen LogP contribution is 2.27. The molecule has 0 atom stereocenters. The third kappa shape index (κ3) is 2.06. The summed E-state index contributed by atoms with van der Waals surface area (Å²) in [6.07, 6.45) is -2.25. The molecule has 0 fully saturated rings. The van der Waals surface area contributed by atoms with Crippen molar-refractivity contribution in [3.05, 3.63) is 22.9 Å². The number of anilines is 1. The van der Waals surface area contributed by atoms with Crippen LogP contribution >= 0.6 is 15.9 Å². The summed E-state index contributed by atoms with van der Waals surface area (Å²) in [5, 5.41) is 0.147. The van der Waals surface area contributed by atoms with Gasteiger partial charge in [-0.2, -0.15) is 0 Å². The molecule has 0 aromatic carbocycles. The van der Waals surface area contributed by atoms with Crippen LogP contribution in [0.3, 0.4) is 0 Å². The molecule has 6 heteroatoms. The van der Waals surface area contributed by atoms with Crippen LogP contribution in [-0.4, -0.2) is 11.3 Å². The fourth-order valence-electron chi connectivity index (χ4n) is 1.07. The zero-order valence-corrected chi connectivity index (χ0v) is 8.59. The van der Waals surface area contributed by atoms with E-state index < -0.39 is 6.43 Å². The Morgan fingerprint density at radius 1 is 1.64 bits per heavy atom. The second-order valence-corrected chi connectivity index (χ2v) is 3.11. The summed E-state index contributed by atoms with van der Waals surface area (Å²) in [5.74, 6) is -0.0768. The number of rotatable bonds is 3. The van der Waals surface area contributed by atoms with E-state index in [1.807, 2.05) is 0 Å². The number of nitrogen functional groups attached to an aromatic ring is 1. The number of hydrogen-bond donors (Lipinski definition) is 1. The lowest BCUT2D eigenvalue weighted by atomic mass is 10.1. The number of nitrogens with two attached hydrogens (primary N) is 1. The average molecular weight is 265 g/mol. The Hall–Kier alpha value is -1.04. The van der Waals surface area contributed by atoms with Gasteiger partial charge in [0.25, 0.3) is 6.43 Å². The fourth-order valence-corrected chi connectivity index (χ4v) is 1.68. The number of hydrogen-bond acceptors (Lipinski definition) is 3. The summed E-state index contributed by atoms with van der Waals surface area (Å²) in [5.41, 5.74) is 5.16. The van der Waals surface area contributed by atoms with Crippen LogP contribution < -0.4 is 5.73 Å². The average Bonchev–Trinajstić information content (AvgIpc) is 2.16. The number of carbonyl (C=O) groups is 1. The lowest BCUT2D eigenvalue weighted by Crippen LogP contribution is -2.04. The summed E-state index contributed by atoms with van der Waals surface area (Å²) in [7, 11) is 0. The molecule has 0 saturated heterocycles. The van der Waals surface area contributed by atoms with Gasteiger partial charge in [-0.1, -0.05) is 15.9 Å². The first kappa shape index (κ1) is 11.0. The predicted octanol–water partition coefficient (Wildman–Crippen LogP) is 2.31. The second-order valence-electron chi connectivity index (χ2n) is 2.55. The summed E-state index contributed by atoms with van der Waals surface area (Å²) in [4.78, 5) is 14.2. The first-order chi connectivity index (χ1) is 6.60. The van der Waals surface area contributed by atoms with Crippen LogP contribution in [-0.2, 0) is 5.33 Å². The van der Waals surface area contributed by atoms with Gasteiger partial charge in [0, 0.05) is 16.5 Å². The molecule has 14 heavy (non-hydrogen) atoms. The Balaban J connectivity index is 3.39. The van der Waals surface area contributed by atoms with Crippen molar-refractivity contribution in [1.82, 2.24) is 4.98 Å². The third-order valence-corrected chi connectivity index (χ3v) is 2.25.